The molecule has 0 aliphatic heterocycles. The van der Waals surface area contributed by atoms with Gasteiger partial charge in [-0.25, -0.2) is 0 Å². The third kappa shape index (κ3) is 3.15. The Morgan fingerprint density at radius 1 is 1.33 bits per heavy atom. The van der Waals surface area contributed by atoms with Crippen LogP contribution >= 0.6 is 0 Å². The van der Waals surface area contributed by atoms with Crippen molar-refractivity contribution >= 4 is 17.3 Å². The Labute approximate surface area is 108 Å². The van der Waals surface area contributed by atoms with Gasteiger partial charge in [0.15, 0.2) is 0 Å². The summed E-state index contributed by atoms with van der Waals surface area (Å²) in [6, 6.07) is 6.36. The molecule has 18 heavy (non-hydrogen) atoms. The largest absolute Gasteiger partial charge is 0.494 e. The SMILES string of the molecule is COc1cc(NC2CCCC2)ccc1NC(C)=O. The molecule has 1 aromatic carbocycles. The average Bonchev–Trinajstić information content (AvgIpc) is 2.83. The fourth-order valence-electron chi connectivity index (χ4n) is 2.38. The number of carbonyl (C=O) groups excluding carboxylic acids is 1. The third-order valence-corrected chi connectivity index (χ3v) is 3.24. The Bertz CT molecular complexity index is 426. The van der Waals surface area contributed by atoms with Crippen LogP contribution in [0.3, 0.4) is 0 Å². The van der Waals surface area contributed by atoms with Crippen molar-refractivity contribution in [3.05, 3.63) is 18.2 Å². The topological polar surface area (TPSA) is 50.4 Å². The Kier molecular flexibility index (Phi) is 4.07. The monoisotopic (exact) mass is 248 g/mol. The van der Waals surface area contributed by atoms with Crippen molar-refractivity contribution in [3.63, 3.8) is 0 Å². The summed E-state index contributed by atoms with van der Waals surface area (Å²) in [7, 11) is 1.61. The highest BCUT2D eigenvalue weighted by atomic mass is 16.5. The molecule has 1 fully saturated rings. The van der Waals surface area contributed by atoms with Crippen LogP contribution in [0.2, 0.25) is 0 Å². The Morgan fingerprint density at radius 3 is 2.67 bits per heavy atom. The van der Waals surface area contributed by atoms with E-state index >= 15 is 0 Å². The molecule has 0 aromatic heterocycles. The van der Waals surface area contributed by atoms with E-state index in [9.17, 15) is 4.79 Å². The first-order chi connectivity index (χ1) is 8.69. The van der Waals surface area contributed by atoms with Gasteiger partial charge in [-0.05, 0) is 25.0 Å². The standard InChI is InChI=1S/C14H20N2O2/c1-10(17)15-13-8-7-12(9-14(13)18-2)16-11-5-3-4-6-11/h7-9,11,16H,3-6H2,1-2H3,(H,15,17). The lowest BCUT2D eigenvalue weighted by Crippen LogP contribution is -2.14. The minimum Gasteiger partial charge on any atom is -0.494 e. The van der Waals surface area contributed by atoms with Crippen molar-refractivity contribution in [1.82, 2.24) is 0 Å². The number of nitrogens with one attached hydrogen (secondary N) is 2. The number of amides is 1. The molecule has 0 heterocycles. The lowest BCUT2D eigenvalue weighted by atomic mass is 10.2. The Balaban J connectivity index is 2.10. The predicted molar refractivity (Wildman–Crippen MR) is 73.2 cm³/mol. The molecule has 1 saturated carbocycles. The number of anilines is 2. The zero-order valence-electron chi connectivity index (χ0n) is 11.0. The predicted octanol–water partition coefficient (Wildman–Crippen LogP) is 3.01. The normalized spacial score (nSPS) is 15.4. The zero-order valence-corrected chi connectivity index (χ0v) is 11.0. The molecular formula is C14H20N2O2. The lowest BCUT2D eigenvalue weighted by molar-refractivity contribution is -0.114. The molecule has 1 aromatic rings. The van der Waals surface area contributed by atoms with Crippen LogP contribution in [0.4, 0.5) is 11.4 Å². The Morgan fingerprint density at radius 2 is 2.06 bits per heavy atom. The average molecular weight is 248 g/mol. The number of ether oxygens (including phenoxy) is 1. The van der Waals surface area contributed by atoms with Crippen LogP contribution in [0, 0.1) is 0 Å². The van der Waals surface area contributed by atoms with Crippen LogP contribution in [-0.4, -0.2) is 19.1 Å². The van der Waals surface area contributed by atoms with Crippen molar-refractivity contribution in [2.45, 2.75) is 38.6 Å². The first-order valence-electron chi connectivity index (χ1n) is 6.41. The van der Waals surface area contributed by atoms with Crippen LogP contribution < -0.4 is 15.4 Å². The van der Waals surface area contributed by atoms with E-state index in [1.165, 1.54) is 32.6 Å². The van der Waals surface area contributed by atoms with Crippen molar-refractivity contribution in [2.75, 3.05) is 17.7 Å². The van der Waals surface area contributed by atoms with Gasteiger partial charge in [-0.3, -0.25) is 4.79 Å². The maximum absolute atomic E-state index is 11.1. The van der Waals surface area contributed by atoms with Crippen molar-refractivity contribution in [3.8, 4) is 5.75 Å². The highest BCUT2D eigenvalue weighted by molar-refractivity contribution is 5.90. The van der Waals surface area contributed by atoms with E-state index in [0.29, 0.717) is 17.5 Å². The molecule has 0 bridgehead atoms. The lowest BCUT2D eigenvalue weighted by Gasteiger charge is -2.16. The van der Waals surface area contributed by atoms with E-state index in [2.05, 4.69) is 10.6 Å². The summed E-state index contributed by atoms with van der Waals surface area (Å²) in [5.41, 5.74) is 1.76. The van der Waals surface area contributed by atoms with Crippen LogP contribution in [0.15, 0.2) is 18.2 Å². The van der Waals surface area contributed by atoms with Crippen molar-refractivity contribution in [2.24, 2.45) is 0 Å². The number of hydrogen-bond donors (Lipinski definition) is 2. The van der Waals surface area contributed by atoms with Crippen LogP contribution in [-0.2, 0) is 4.79 Å². The zero-order chi connectivity index (χ0) is 13.0. The number of hydrogen-bond acceptors (Lipinski definition) is 3. The first kappa shape index (κ1) is 12.7. The molecule has 0 spiro atoms. The van der Waals surface area contributed by atoms with Gasteiger partial charge in [0.05, 0.1) is 12.8 Å². The van der Waals surface area contributed by atoms with Crippen molar-refractivity contribution < 1.29 is 9.53 Å². The van der Waals surface area contributed by atoms with Gasteiger partial charge in [0, 0.05) is 24.7 Å². The smallest absolute Gasteiger partial charge is 0.221 e. The fourth-order valence-corrected chi connectivity index (χ4v) is 2.38. The Hall–Kier alpha value is -1.71. The maximum atomic E-state index is 11.1. The highest BCUT2D eigenvalue weighted by Gasteiger charge is 2.15. The fraction of sp³-hybridized carbons (Fsp3) is 0.500. The molecule has 0 unspecified atom stereocenters. The summed E-state index contributed by atoms with van der Waals surface area (Å²) in [5, 5.41) is 6.26. The molecule has 4 nitrogen and oxygen atoms in total. The first-order valence-corrected chi connectivity index (χ1v) is 6.41. The highest BCUT2D eigenvalue weighted by Crippen LogP contribution is 2.30. The number of carbonyl (C=O) groups is 1. The molecular weight excluding hydrogens is 228 g/mol. The molecule has 4 heteroatoms. The van der Waals surface area contributed by atoms with Crippen molar-refractivity contribution in [1.29, 1.82) is 0 Å². The second-order valence-corrected chi connectivity index (χ2v) is 4.72. The summed E-state index contributed by atoms with van der Waals surface area (Å²) in [4.78, 5) is 11.1. The molecule has 2 rings (SSSR count). The van der Waals surface area contributed by atoms with E-state index in [1.54, 1.807) is 7.11 Å². The van der Waals surface area contributed by atoms with Crippen LogP contribution in [0.25, 0.3) is 0 Å². The summed E-state index contributed by atoms with van der Waals surface area (Å²) in [6.45, 7) is 1.49. The van der Waals surface area contributed by atoms with E-state index in [-0.39, 0.29) is 5.91 Å². The second-order valence-electron chi connectivity index (χ2n) is 4.72. The van der Waals surface area contributed by atoms with Gasteiger partial charge in [-0.15, -0.1) is 0 Å². The second kappa shape index (κ2) is 5.76. The molecule has 1 aliphatic carbocycles. The molecule has 1 aliphatic rings. The van der Waals surface area contributed by atoms with Gasteiger partial charge in [-0.1, -0.05) is 12.8 Å². The maximum Gasteiger partial charge on any atom is 0.221 e. The van der Waals surface area contributed by atoms with Gasteiger partial charge in [0.25, 0.3) is 0 Å². The van der Waals surface area contributed by atoms with Gasteiger partial charge < -0.3 is 15.4 Å². The van der Waals surface area contributed by atoms with Gasteiger partial charge in [0.1, 0.15) is 5.75 Å². The molecule has 0 radical (unpaired) electrons. The molecule has 2 N–H and O–H groups in total. The molecule has 0 atom stereocenters. The molecule has 1 amide bonds. The van der Waals surface area contributed by atoms with Crippen LogP contribution in [0.1, 0.15) is 32.6 Å². The van der Waals surface area contributed by atoms with Crippen LogP contribution in [0.5, 0.6) is 5.75 Å². The number of benzene rings is 1. The van der Waals surface area contributed by atoms with E-state index in [4.69, 9.17) is 4.74 Å². The van der Waals surface area contributed by atoms with Gasteiger partial charge >= 0.3 is 0 Å². The quantitative estimate of drug-likeness (QED) is 0.861. The number of methoxy groups -OCH3 is 1. The minimum absolute atomic E-state index is 0.0928. The van der Waals surface area contributed by atoms with Gasteiger partial charge in [0.2, 0.25) is 5.91 Å². The summed E-state index contributed by atoms with van der Waals surface area (Å²) >= 11 is 0. The minimum atomic E-state index is -0.0928. The van der Waals surface area contributed by atoms with E-state index in [0.717, 1.165) is 5.69 Å². The number of rotatable bonds is 4. The summed E-state index contributed by atoms with van der Waals surface area (Å²) < 4.78 is 5.30. The van der Waals surface area contributed by atoms with Gasteiger partial charge in [-0.2, -0.15) is 0 Å². The third-order valence-electron chi connectivity index (χ3n) is 3.24. The molecule has 0 saturated heterocycles. The van der Waals surface area contributed by atoms with E-state index in [1.807, 2.05) is 18.2 Å². The molecule has 98 valence electrons. The summed E-state index contributed by atoms with van der Waals surface area (Å²) in [6.07, 6.45) is 5.07. The summed E-state index contributed by atoms with van der Waals surface area (Å²) in [5.74, 6) is 0.595. The van der Waals surface area contributed by atoms with E-state index < -0.39 is 0 Å².